The topological polar surface area (TPSA) is 149 Å². The molecule has 0 radical (unpaired) electrons. The number of aryl methyl sites for hydroxylation is 3. The molecule has 0 spiro atoms. The van der Waals surface area contributed by atoms with Gasteiger partial charge in [0.25, 0.3) is 30.4 Å². The van der Waals surface area contributed by atoms with Crippen LogP contribution < -0.4 is 0 Å². The van der Waals surface area contributed by atoms with Crippen LogP contribution in [0, 0.1) is 20.8 Å². The Balaban J connectivity index is 1.36. The van der Waals surface area contributed by atoms with Crippen molar-refractivity contribution >= 4 is 30.4 Å². The summed E-state index contributed by atoms with van der Waals surface area (Å²) in [6.07, 6.45) is -1.22. The standard InChI is InChI=1S/C31H38O11S3/c1-23-4-10-28(11-5-23)43(32,33)38-19-16-26-22-27(17-20-39-44(34,35)29-12-6-24(2)7-13-29)42-31(41-26)18-21-40-45(36,37)30-14-8-25(3)9-15-30/h4-15,26-27,31H,16-22H2,1-3H3. The van der Waals surface area contributed by atoms with Crippen LogP contribution in [0.2, 0.25) is 0 Å². The largest absolute Gasteiger partial charge is 0.349 e. The molecule has 4 rings (SSSR count). The van der Waals surface area contributed by atoms with Gasteiger partial charge >= 0.3 is 0 Å². The minimum Gasteiger partial charge on any atom is -0.349 e. The minimum atomic E-state index is -4.01. The normalized spacial score (nSPS) is 19.4. The van der Waals surface area contributed by atoms with Crippen LogP contribution >= 0.6 is 0 Å². The SMILES string of the molecule is Cc1ccc(S(=O)(=O)OCCC2CC(CCOS(=O)(=O)c3ccc(C)cc3)OC(CCOS(=O)(=O)c3ccc(C)cc3)O2)cc1. The van der Waals surface area contributed by atoms with Crippen LogP contribution in [0.1, 0.15) is 42.4 Å². The monoisotopic (exact) mass is 682 g/mol. The van der Waals surface area contributed by atoms with Crippen molar-refractivity contribution in [1.29, 1.82) is 0 Å². The smallest absolute Gasteiger partial charge is 0.296 e. The molecule has 2 unspecified atom stereocenters. The molecule has 14 heteroatoms. The number of ether oxygens (including phenoxy) is 2. The molecule has 1 aliphatic rings. The van der Waals surface area contributed by atoms with Gasteiger partial charge in [-0.15, -0.1) is 0 Å². The van der Waals surface area contributed by atoms with E-state index in [4.69, 9.17) is 22.0 Å². The van der Waals surface area contributed by atoms with Crippen molar-refractivity contribution in [1.82, 2.24) is 0 Å². The maximum Gasteiger partial charge on any atom is 0.296 e. The Hall–Kier alpha value is -2.69. The zero-order chi connectivity index (χ0) is 32.7. The lowest BCUT2D eigenvalue weighted by atomic mass is 10.1. The lowest BCUT2D eigenvalue weighted by Crippen LogP contribution is -2.40. The third-order valence-electron chi connectivity index (χ3n) is 7.09. The van der Waals surface area contributed by atoms with Gasteiger partial charge in [-0.25, -0.2) is 0 Å². The molecule has 2 atom stereocenters. The summed E-state index contributed by atoms with van der Waals surface area (Å²) in [5, 5.41) is 0. The van der Waals surface area contributed by atoms with Gasteiger partial charge in [0.2, 0.25) is 0 Å². The summed E-state index contributed by atoms with van der Waals surface area (Å²) in [5.74, 6) is 0. The average Bonchev–Trinajstić information content (AvgIpc) is 2.97. The lowest BCUT2D eigenvalue weighted by Gasteiger charge is -2.35. The molecule has 0 aliphatic carbocycles. The predicted octanol–water partition coefficient (Wildman–Crippen LogP) is 4.80. The van der Waals surface area contributed by atoms with Gasteiger partial charge in [-0.2, -0.15) is 25.3 Å². The Morgan fingerprint density at radius 1 is 0.511 bits per heavy atom. The molecule has 0 amide bonds. The second kappa shape index (κ2) is 15.3. The summed E-state index contributed by atoms with van der Waals surface area (Å²) in [4.78, 5) is 0.0967. The summed E-state index contributed by atoms with van der Waals surface area (Å²) < 4.78 is 103. The highest BCUT2D eigenvalue weighted by Gasteiger charge is 2.31. The van der Waals surface area contributed by atoms with Crippen molar-refractivity contribution in [2.45, 2.75) is 79.6 Å². The zero-order valence-corrected chi connectivity index (χ0v) is 27.8. The summed E-state index contributed by atoms with van der Waals surface area (Å²) >= 11 is 0. The van der Waals surface area contributed by atoms with E-state index < -0.39 is 48.9 Å². The Labute approximate surface area is 265 Å². The second-order valence-electron chi connectivity index (χ2n) is 10.8. The van der Waals surface area contributed by atoms with Crippen LogP contribution in [0.5, 0.6) is 0 Å². The minimum absolute atomic E-state index is 0.0215. The van der Waals surface area contributed by atoms with Crippen molar-refractivity contribution in [3.05, 3.63) is 89.5 Å². The molecule has 45 heavy (non-hydrogen) atoms. The molecule has 0 bridgehead atoms. The van der Waals surface area contributed by atoms with Gasteiger partial charge in [0.1, 0.15) is 0 Å². The highest BCUT2D eigenvalue weighted by atomic mass is 32.2. The van der Waals surface area contributed by atoms with E-state index >= 15 is 0 Å². The Bertz CT molecular complexity index is 1510. The van der Waals surface area contributed by atoms with E-state index in [9.17, 15) is 25.3 Å². The average molecular weight is 683 g/mol. The molecule has 3 aromatic rings. The van der Waals surface area contributed by atoms with E-state index in [1.165, 1.54) is 36.4 Å². The fourth-order valence-corrected chi connectivity index (χ4v) is 7.29. The third-order valence-corrected chi connectivity index (χ3v) is 11.1. The molecule has 3 aromatic carbocycles. The fraction of sp³-hybridized carbons (Fsp3) is 0.419. The number of hydrogen-bond donors (Lipinski definition) is 0. The first-order chi connectivity index (χ1) is 21.2. The highest BCUT2D eigenvalue weighted by Crippen LogP contribution is 2.27. The van der Waals surface area contributed by atoms with E-state index in [1.54, 1.807) is 36.4 Å². The number of hydrogen-bond acceptors (Lipinski definition) is 11. The van der Waals surface area contributed by atoms with Crippen LogP contribution in [-0.2, 0) is 52.4 Å². The predicted molar refractivity (Wildman–Crippen MR) is 165 cm³/mol. The molecule has 246 valence electrons. The summed E-state index contributed by atoms with van der Waals surface area (Å²) in [6, 6.07) is 18.8. The fourth-order valence-electron chi connectivity index (χ4n) is 4.53. The van der Waals surface area contributed by atoms with Gasteiger partial charge in [0.05, 0.1) is 46.7 Å². The van der Waals surface area contributed by atoms with Crippen molar-refractivity contribution < 1.29 is 47.3 Å². The number of rotatable bonds is 15. The lowest BCUT2D eigenvalue weighted by molar-refractivity contribution is -0.249. The molecule has 0 saturated carbocycles. The Morgan fingerprint density at radius 3 is 1.11 bits per heavy atom. The van der Waals surface area contributed by atoms with E-state index in [0.29, 0.717) is 6.42 Å². The van der Waals surface area contributed by atoms with Gasteiger partial charge in [-0.05, 0) is 70.0 Å². The van der Waals surface area contributed by atoms with E-state index in [1.807, 2.05) is 20.8 Å². The van der Waals surface area contributed by atoms with Crippen molar-refractivity contribution in [3.63, 3.8) is 0 Å². The van der Waals surface area contributed by atoms with E-state index in [-0.39, 0.29) is 53.8 Å². The molecule has 0 aromatic heterocycles. The van der Waals surface area contributed by atoms with Crippen LogP contribution in [0.4, 0.5) is 0 Å². The van der Waals surface area contributed by atoms with Crippen LogP contribution in [0.15, 0.2) is 87.5 Å². The van der Waals surface area contributed by atoms with Gasteiger partial charge in [0.15, 0.2) is 6.29 Å². The Kier molecular flexibility index (Phi) is 11.9. The van der Waals surface area contributed by atoms with E-state index in [0.717, 1.165) is 16.7 Å². The zero-order valence-electron chi connectivity index (χ0n) is 25.3. The quantitative estimate of drug-likeness (QED) is 0.204. The first-order valence-electron chi connectivity index (χ1n) is 14.4. The molecular weight excluding hydrogens is 645 g/mol. The first-order valence-corrected chi connectivity index (χ1v) is 18.7. The van der Waals surface area contributed by atoms with Crippen molar-refractivity contribution in [2.75, 3.05) is 19.8 Å². The Morgan fingerprint density at radius 2 is 0.800 bits per heavy atom. The van der Waals surface area contributed by atoms with Crippen LogP contribution in [0.25, 0.3) is 0 Å². The summed E-state index contributed by atoms with van der Waals surface area (Å²) in [6.45, 7) is 4.95. The molecule has 1 heterocycles. The summed E-state index contributed by atoms with van der Waals surface area (Å²) in [7, 11) is -12.0. The van der Waals surface area contributed by atoms with E-state index in [2.05, 4.69) is 0 Å². The van der Waals surface area contributed by atoms with Gasteiger partial charge < -0.3 is 9.47 Å². The highest BCUT2D eigenvalue weighted by molar-refractivity contribution is 7.87. The molecular formula is C31H38O11S3. The van der Waals surface area contributed by atoms with Gasteiger partial charge in [0, 0.05) is 12.8 Å². The molecule has 0 N–H and O–H groups in total. The van der Waals surface area contributed by atoms with Gasteiger partial charge in [-0.1, -0.05) is 53.1 Å². The third kappa shape index (κ3) is 10.4. The number of benzene rings is 3. The van der Waals surface area contributed by atoms with Crippen molar-refractivity contribution in [3.8, 4) is 0 Å². The summed E-state index contributed by atoms with van der Waals surface area (Å²) in [5.41, 5.74) is 2.72. The van der Waals surface area contributed by atoms with Crippen LogP contribution in [0.3, 0.4) is 0 Å². The molecule has 1 saturated heterocycles. The first kappa shape index (κ1) is 35.2. The van der Waals surface area contributed by atoms with Crippen molar-refractivity contribution in [2.24, 2.45) is 0 Å². The second-order valence-corrected chi connectivity index (χ2v) is 15.7. The van der Waals surface area contributed by atoms with Gasteiger partial charge in [-0.3, -0.25) is 12.5 Å². The van der Waals surface area contributed by atoms with Crippen LogP contribution in [-0.4, -0.2) is 63.6 Å². The molecule has 1 fully saturated rings. The maximum atomic E-state index is 12.6. The molecule has 11 nitrogen and oxygen atoms in total. The molecule has 1 aliphatic heterocycles. The maximum absolute atomic E-state index is 12.6.